The van der Waals surface area contributed by atoms with E-state index >= 15 is 0 Å². The number of nitrogens with zero attached hydrogens (tertiary/aromatic N) is 2. The van der Waals surface area contributed by atoms with E-state index in [0.717, 1.165) is 33.4 Å². The van der Waals surface area contributed by atoms with Gasteiger partial charge in [-0.05, 0) is 71.5 Å². The van der Waals surface area contributed by atoms with E-state index in [4.69, 9.17) is 9.47 Å². The Labute approximate surface area is 222 Å². The summed E-state index contributed by atoms with van der Waals surface area (Å²) < 4.78 is 10.9. The Kier molecular flexibility index (Phi) is 8.92. The number of pyridine rings is 2. The lowest BCUT2D eigenvalue weighted by molar-refractivity contribution is -0.139. The maximum absolute atomic E-state index is 12.3. The number of rotatable bonds is 9. The lowest BCUT2D eigenvalue weighted by Gasteiger charge is -2.08. The highest BCUT2D eigenvalue weighted by Gasteiger charge is 2.08. The Morgan fingerprint density at radius 1 is 0.632 bits per heavy atom. The van der Waals surface area contributed by atoms with Gasteiger partial charge in [-0.3, -0.25) is 9.97 Å². The first-order valence-corrected chi connectivity index (χ1v) is 12.2. The number of benzene rings is 2. The summed E-state index contributed by atoms with van der Waals surface area (Å²) in [5, 5.41) is 0. The number of ether oxygens (including phenoxy) is 2. The van der Waals surface area contributed by atoms with E-state index in [9.17, 15) is 9.59 Å². The van der Waals surface area contributed by atoms with Gasteiger partial charge in [0.25, 0.3) is 0 Å². The molecule has 0 aliphatic heterocycles. The maximum atomic E-state index is 12.3. The second kappa shape index (κ2) is 12.9. The van der Waals surface area contributed by atoms with Crippen LogP contribution in [-0.2, 0) is 32.3 Å². The highest BCUT2D eigenvalue weighted by atomic mass is 16.5. The number of carbonyl (C=O) groups excluding carboxylic acids is 2. The van der Waals surface area contributed by atoms with Gasteiger partial charge in [0, 0.05) is 24.5 Å². The zero-order valence-electron chi connectivity index (χ0n) is 21.3. The predicted octanol–water partition coefficient (Wildman–Crippen LogP) is 6.44. The molecule has 190 valence electrons. The molecule has 0 aliphatic carbocycles. The molecule has 4 aromatic rings. The van der Waals surface area contributed by atoms with Gasteiger partial charge in [0.05, 0.1) is 11.4 Å². The Balaban J connectivity index is 1.36. The zero-order valence-corrected chi connectivity index (χ0v) is 21.3. The molecule has 0 radical (unpaired) electrons. The van der Waals surface area contributed by atoms with Gasteiger partial charge >= 0.3 is 11.9 Å². The Hall–Kier alpha value is -4.84. The van der Waals surface area contributed by atoms with E-state index in [1.807, 2.05) is 86.6 Å². The summed E-state index contributed by atoms with van der Waals surface area (Å²) in [6.07, 6.45) is 6.27. The Morgan fingerprint density at radius 3 is 1.42 bits per heavy atom. The number of esters is 2. The van der Waals surface area contributed by atoms with Gasteiger partial charge in [-0.15, -0.1) is 0 Å². The molecule has 0 saturated heterocycles. The number of hydrogen-bond donors (Lipinski definition) is 0. The number of hydrogen-bond acceptors (Lipinski definition) is 6. The fraction of sp³-hybridized carbons (Fsp3) is 0.125. The van der Waals surface area contributed by atoms with Crippen molar-refractivity contribution in [3.05, 3.63) is 132 Å². The summed E-state index contributed by atoms with van der Waals surface area (Å²) in [6.45, 7) is 3.96. The van der Waals surface area contributed by atoms with Crippen molar-refractivity contribution in [2.24, 2.45) is 0 Å². The van der Waals surface area contributed by atoms with Crippen LogP contribution >= 0.6 is 0 Å². The van der Waals surface area contributed by atoms with E-state index < -0.39 is 11.9 Å². The monoisotopic (exact) mass is 504 g/mol. The van der Waals surface area contributed by atoms with E-state index in [1.54, 1.807) is 24.5 Å². The summed E-state index contributed by atoms with van der Waals surface area (Å²) in [6, 6.07) is 26.6. The standard InChI is InChI=1S/C32H28N2O4/c1-23(27-9-5-3-6-10-27)17-31(35)37-21-25-13-15-33-29(19-25)30-20-26(14-16-34-30)22-38-32(36)18-24(2)28-11-7-4-8-12-28/h3-20H,21-22H2,1-2H3/b23-17+,24-18+. The Morgan fingerprint density at radius 2 is 1.03 bits per heavy atom. The lowest BCUT2D eigenvalue weighted by Crippen LogP contribution is -2.03. The summed E-state index contributed by atoms with van der Waals surface area (Å²) in [5.41, 5.74) is 6.43. The SMILES string of the molecule is C/C(=C\C(=O)OCc1ccnc(-c2cc(COC(=O)/C=C(\C)c3ccccc3)ccn2)c1)c1ccccc1. The molecule has 0 saturated carbocycles. The van der Waals surface area contributed by atoms with Crippen molar-refractivity contribution in [1.82, 2.24) is 9.97 Å². The minimum absolute atomic E-state index is 0.108. The van der Waals surface area contributed by atoms with Gasteiger partial charge < -0.3 is 9.47 Å². The highest BCUT2D eigenvalue weighted by Crippen LogP contribution is 2.19. The predicted molar refractivity (Wildman–Crippen MR) is 147 cm³/mol. The van der Waals surface area contributed by atoms with Crippen LogP contribution in [0, 0.1) is 0 Å². The molecule has 2 aromatic heterocycles. The molecule has 6 heteroatoms. The van der Waals surface area contributed by atoms with E-state index in [0.29, 0.717) is 11.4 Å². The van der Waals surface area contributed by atoms with Crippen molar-refractivity contribution in [1.29, 1.82) is 0 Å². The van der Waals surface area contributed by atoms with Crippen molar-refractivity contribution in [2.45, 2.75) is 27.1 Å². The molecule has 0 spiro atoms. The quantitative estimate of drug-likeness (QED) is 0.193. The summed E-state index contributed by atoms with van der Waals surface area (Å²) in [7, 11) is 0. The van der Waals surface area contributed by atoms with Crippen molar-refractivity contribution >= 4 is 23.1 Å². The average molecular weight is 505 g/mol. The minimum atomic E-state index is -0.414. The lowest BCUT2D eigenvalue weighted by atomic mass is 10.1. The van der Waals surface area contributed by atoms with Crippen molar-refractivity contribution in [2.75, 3.05) is 0 Å². The second-order valence-electron chi connectivity index (χ2n) is 8.70. The van der Waals surface area contributed by atoms with Gasteiger partial charge in [0.1, 0.15) is 13.2 Å². The van der Waals surface area contributed by atoms with Crippen molar-refractivity contribution < 1.29 is 19.1 Å². The second-order valence-corrected chi connectivity index (χ2v) is 8.70. The third-order valence-corrected chi connectivity index (χ3v) is 5.80. The van der Waals surface area contributed by atoms with E-state index in [-0.39, 0.29) is 13.2 Å². The number of aromatic nitrogens is 2. The van der Waals surface area contributed by atoms with Crippen LogP contribution in [0.2, 0.25) is 0 Å². The van der Waals surface area contributed by atoms with Crippen molar-refractivity contribution in [3.8, 4) is 11.4 Å². The molecule has 0 aliphatic rings. The maximum Gasteiger partial charge on any atom is 0.331 e. The molecule has 0 bridgehead atoms. The van der Waals surface area contributed by atoms with Gasteiger partial charge in [-0.25, -0.2) is 9.59 Å². The molecule has 6 nitrogen and oxygen atoms in total. The van der Waals surface area contributed by atoms with E-state index in [2.05, 4.69) is 9.97 Å². The largest absolute Gasteiger partial charge is 0.458 e. The topological polar surface area (TPSA) is 78.4 Å². The van der Waals surface area contributed by atoms with Crippen LogP contribution in [0.5, 0.6) is 0 Å². The molecule has 0 atom stereocenters. The third kappa shape index (κ3) is 7.58. The van der Waals surface area contributed by atoms with Gasteiger partial charge in [0.2, 0.25) is 0 Å². The van der Waals surface area contributed by atoms with Gasteiger partial charge in [0.15, 0.2) is 0 Å². The molecule has 4 rings (SSSR count). The first kappa shape index (κ1) is 26.2. The molecule has 0 unspecified atom stereocenters. The van der Waals surface area contributed by atoms with Crippen LogP contribution < -0.4 is 0 Å². The summed E-state index contributed by atoms with van der Waals surface area (Å²) >= 11 is 0. The van der Waals surface area contributed by atoms with Crippen LogP contribution in [-0.4, -0.2) is 21.9 Å². The summed E-state index contributed by atoms with van der Waals surface area (Å²) in [4.78, 5) is 33.4. The van der Waals surface area contributed by atoms with Crippen molar-refractivity contribution in [3.63, 3.8) is 0 Å². The normalized spacial score (nSPS) is 11.6. The van der Waals surface area contributed by atoms with Crippen LogP contribution in [0.25, 0.3) is 22.5 Å². The molecular weight excluding hydrogens is 476 g/mol. The first-order chi connectivity index (χ1) is 18.5. The van der Waals surface area contributed by atoms with Gasteiger partial charge in [-0.1, -0.05) is 60.7 Å². The molecule has 38 heavy (non-hydrogen) atoms. The van der Waals surface area contributed by atoms with Gasteiger partial charge in [-0.2, -0.15) is 0 Å². The fourth-order valence-corrected chi connectivity index (χ4v) is 3.72. The van der Waals surface area contributed by atoms with Crippen LogP contribution in [0.15, 0.2) is 109 Å². The molecule has 2 heterocycles. The number of allylic oxidation sites excluding steroid dienone is 2. The smallest absolute Gasteiger partial charge is 0.331 e. The van der Waals surface area contributed by atoms with Crippen LogP contribution in [0.3, 0.4) is 0 Å². The zero-order chi connectivity index (χ0) is 26.7. The average Bonchev–Trinajstić information content (AvgIpc) is 2.96. The molecule has 0 N–H and O–H groups in total. The third-order valence-electron chi connectivity index (χ3n) is 5.80. The molecule has 0 amide bonds. The number of carbonyl (C=O) groups is 2. The molecule has 0 fully saturated rings. The van der Waals surface area contributed by atoms with E-state index in [1.165, 1.54) is 12.2 Å². The summed E-state index contributed by atoms with van der Waals surface area (Å²) in [5.74, 6) is -0.827. The highest BCUT2D eigenvalue weighted by molar-refractivity contribution is 5.91. The Bertz CT molecular complexity index is 1350. The fourth-order valence-electron chi connectivity index (χ4n) is 3.72. The molecule has 2 aromatic carbocycles. The van der Waals surface area contributed by atoms with Crippen LogP contribution in [0.4, 0.5) is 0 Å². The first-order valence-electron chi connectivity index (χ1n) is 12.2. The van der Waals surface area contributed by atoms with Crippen LogP contribution in [0.1, 0.15) is 36.1 Å². The minimum Gasteiger partial charge on any atom is -0.458 e. The molecular formula is C32H28N2O4.